The Bertz CT molecular complexity index is 693. The lowest BCUT2D eigenvalue weighted by Gasteiger charge is -2.05. The molecule has 1 aromatic carbocycles. The zero-order valence-electron chi connectivity index (χ0n) is 11.9. The number of anilines is 1. The molecule has 2 rings (SSSR count). The number of benzene rings is 1. The van der Waals surface area contributed by atoms with Gasteiger partial charge in [0, 0.05) is 13.0 Å². The molecule has 1 heterocycles. The normalized spacial score (nSPS) is 11.8. The molecule has 0 saturated heterocycles. The average Bonchev–Trinajstić information content (AvgIpc) is 2.84. The molecular formula is C13H18N4O2S2. The number of rotatable bonds is 6. The van der Waals surface area contributed by atoms with Gasteiger partial charge in [-0.2, -0.15) is 0 Å². The molecule has 0 radical (unpaired) electrons. The van der Waals surface area contributed by atoms with E-state index in [1.165, 1.54) is 23.5 Å². The number of nitrogens with one attached hydrogen (secondary N) is 1. The molecule has 0 saturated carbocycles. The zero-order chi connectivity index (χ0) is 15.5. The van der Waals surface area contributed by atoms with Crippen LogP contribution in [0.2, 0.25) is 0 Å². The Morgan fingerprint density at radius 1 is 1.24 bits per heavy atom. The molecule has 0 bridgehead atoms. The van der Waals surface area contributed by atoms with Gasteiger partial charge in [0.15, 0.2) is 0 Å². The molecule has 8 heteroatoms. The number of hydrogen-bond acceptors (Lipinski definition) is 6. The third-order valence-electron chi connectivity index (χ3n) is 2.74. The fourth-order valence-electron chi connectivity index (χ4n) is 1.71. The van der Waals surface area contributed by atoms with Crippen molar-refractivity contribution in [2.75, 3.05) is 4.72 Å². The number of nitrogens with zero attached hydrogens (tertiary/aromatic N) is 2. The van der Waals surface area contributed by atoms with Crippen LogP contribution >= 0.6 is 11.3 Å². The summed E-state index contributed by atoms with van der Waals surface area (Å²) in [6.07, 6.45) is 0.782. The molecule has 0 spiro atoms. The van der Waals surface area contributed by atoms with E-state index in [2.05, 4.69) is 28.8 Å². The fourth-order valence-corrected chi connectivity index (χ4v) is 3.89. The van der Waals surface area contributed by atoms with E-state index in [-0.39, 0.29) is 10.0 Å². The van der Waals surface area contributed by atoms with Crippen molar-refractivity contribution in [3.05, 3.63) is 34.8 Å². The van der Waals surface area contributed by atoms with E-state index in [1.54, 1.807) is 12.1 Å². The number of hydrogen-bond donors (Lipinski definition) is 2. The smallest absolute Gasteiger partial charge is 0.263 e. The molecule has 6 nitrogen and oxygen atoms in total. The Morgan fingerprint density at radius 3 is 2.48 bits per heavy atom. The summed E-state index contributed by atoms with van der Waals surface area (Å²) in [5, 5.41) is 8.96. The molecule has 0 fully saturated rings. The molecule has 2 aromatic rings. The number of nitrogens with two attached hydrogens (primary N) is 1. The molecule has 21 heavy (non-hydrogen) atoms. The van der Waals surface area contributed by atoms with Gasteiger partial charge in [0.2, 0.25) is 5.13 Å². The van der Waals surface area contributed by atoms with Crippen LogP contribution in [0.25, 0.3) is 0 Å². The van der Waals surface area contributed by atoms with Gasteiger partial charge >= 0.3 is 0 Å². The van der Waals surface area contributed by atoms with Gasteiger partial charge in [-0.15, -0.1) is 10.2 Å². The molecule has 0 aliphatic carbocycles. The SMILES string of the molecule is CC(C)Cc1nnc(NS(=O)(=O)c2ccc(CN)cc2)s1. The van der Waals surface area contributed by atoms with Crippen molar-refractivity contribution in [3.8, 4) is 0 Å². The number of aromatic nitrogens is 2. The standard InChI is InChI=1S/C13H18N4O2S2/c1-9(2)7-12-15-16-13(20-12)17-21(18,19)11-5-3-10(8-14)4-6-11/h3-6,9H,7-8,14H2,1-2H3,(H,16,17). The molecule has 1 aromatic heterocycles. The predicted octanol–water partition coefficient (Wildman–Crippen LogP) is 2.00. The van der Waals surface area contributed by atoms with Crippen LogP contribution in [-0.4, -0.2) is 18.6 Å². The Hall–Kier alpha value is -1.51. The van der Waals surface area contributed by atoms with Gasteiger partial charge < -0.3 is 5.73 Å². The van der Waals surface area contributed by atoms with E-state index in [9.17, 15) is 8.42 Å². The monoisotopic (exact) mass is 326 g/mol. The second-order valence-corrected chi connectivity index (χ2v) is 7.80. The predicted molar refractivity (Wildman–Crippen MR) is 83.6 cm³/mol. The largest absolute Gasteiger partial charge is 0.326 e. The van der Waals surface area contributed by atoms with Crippen molar-refractivity contribution < 1.29 is 8.42 Å². The van der Waals surface area contributed by atoms with E-state index in [4.69, 9.17) is 5.73 Å². The lowest BCUT2D eigenvalue weighted by atomic mass is 10.1. The van der Waals surface area contributed by atoms with Gasteiger partial charge in [0.1, 0.15) is 5.01 Å². The summed E-state index contributed by atoms with van der Waals surface area (Å²) in [5.74, 6) is 0.450. The molecule has 0 atom stereocenters. The summed E-state index contributed by atoms with van der Waals surface area (Å²) in [6.45, 7) is 4.53. The highest BCUT2D eigenvalue weighted by atomic mass is 32.2. The Kier molecular flexibility index (Phi) is 4.92. The first-order valence-corrected chi connectivity index (χ1v) is 8.85. The summed E-state index contributed by atoms with van der Waals surface area (Å²) in [4.78, 5) is 0.181. The third kappa shape index (κ3) is 4.23. The highest BCUT2D eigenvalue weighted by Crippen LogP contribution is 2.21. The van der Waals surface area contributed by atoms with Crippen LogP contribution in [0.3, 0.4) is 0 Å². The van der Waals surface area contributed by atoms with Gasteiger partial charge in [-0.3, -0.25) is 4.72 Å². The first-order valence-electron chi connectivity index (χ1n) is 6.55. The maximum absolute atomic E-state index is 12.2. The maximum Gasteiger partial charge on any atom is 0.263 e. The van der Waals surface area contributed by atoms with E-state index < -0.39 is 10.0 Å². The Balaban J connectivity index is 2.14. The van der Waals surface area contributed by atoms with Crippen molar-refractivity contribution in [1.82, 2.24) is 10.2 Å². The summed E-state index contributed by atoms with van der Waals surface area (Å²) in [7, 11) is -3.64. The summed E-state index contributed by atoms with van der Waals surface area (Å²) < 4.78 is 26.9. The minimum Gasteiger partial charge on any atom is -0.326 e. The minimum atomic E-state index is -3.64. The molecular weight excluding hydrogens is 308 g/mol. The fraction of sp³-hybridized carbons (Fsp3) is 0.385. The van der Waals surface area contributed by atoms with Gasteiger partial charge in [0.05, 0.1) is 4.90 Å². The van der Waals surface area contributed by atoms with Crippen molar-refractivity contribution in [2.24, 2.45) is 11.7 Å². The van der Waals surface area contributed by atoms with Gasteiger partial charge in [-0.1, -0.05) is 37.3 Å². The van der Waals surface area contributed by atoms with Crippen LogP contribution in [-0.2, 0) is 23.0 Å². The summed E-state index contributed by atoms with van der Waals surface area (Å²) in [6, 6.07) is 6.44. The van der Waals surface area contributed by atoms with Crippen molar-refractivity contribution >= 4 is 26.5 Å². The van der Waals surface area contributed by atoms with E-state index in [1.807, 2.05) is 0 Å². The second-order valence-electron chi connectivity index (χ2n) is 5.05. The summed E-state index contributed by atoms with van der Waals surface area (Å²) >= 11 is 1.26. The topological polar surface area (TPSA) is 98.0 Å². The Morgan fingerprint density at radius 2 is 1.90 bits per heavy atom. The van der Waals surface area contributed by atoms with Crippen LogP contribution in [0.15, 0.2) is 29.2 Å². The Labute approximate surface area is 128 Å². The second kappa shape index (κ2) is 6.50. The molecule has 114 valence electrons. The molecule has 0 aliphatic rings. The molecule has 3 N–H and O–H groups in total. The lowest BCUT2D eigenvalue weighted by Crippen LogP contribution is -2.13. The highest BCUT2D eigenvalue weighted by Gasteiger charge is 2.17. The van der Waals surface area contributed by atoms with Crippen molar-refractivity contribution in [1.29, 1.82) is 0 Å². The van der Waals surface area contributed by atoms with E-state index in [0.29, 0.717) is 12.5 Å². The zero-order valence-corrected chi connectivity index (χ0v) is 13.5. The van der Waals surface area contributed by atoms with Crippen LogP contribution < -0.4 is 10.5 Å². The first-order chi connectivity index (χ1) is 9.90. The third-order valence-corrected chi connectivity index (χ3v) is 5.09. The molecule has 0 aliphatic heterocycles. The summed E-state index contributed by atoms with van der Waals surface area (Å²) in [5.41, 5.74) is 6.37. The van der Waals surface area contributed by atoms with Crippen molar-refractivity contribution in [3.63, 3.8) is 0 Å². The number of sulfonamides is 1. The molecule has 0 amide bonds. The highest BCUT2D eigenvalue weighted by molar-refractivity contribution is 7.93. The maximum atomic E-state index is 12.2. The molecule has 0 unspecified atom stereocenters. The van der Waals surface area contributed by atoms with Crippen LogP contribution in [0.1, 0.15) is 24.4 Å². The van der Waals surface area contributed by atoms with E-state index >= 15 is 0 Å². The van der Waals surface area contributed by atoms with Gasteiger partial charge in [0.25, 0.3) is 10.0 Å². The first kappa shape index (κ1) is 15.9. The van der Waals surface area contributed by atoms with Gasteiger partial charge in [-0.25, -0.2) is 8.42 Å². The van der Waals surface area contributed by atoms with Gasteiger partial charge in [-0.05, 0) is 23.6 Å². The quantitative estimate of drug-likeness (QED) is 0.846. The van der Waals surface area contributed by atoms with Crippen molar-refractivity contribution in [2.45, 2.75) is 31.7 Å². The van der Waals surface area contributed by atoms with Crippen LogP contribution in [0, 0.1) is 5.92 Å². The van der Waals surface area contributed by atoms with E-state index in [0.717, 1.165) is 17.0 Å². The van der Waals surface area contributed by atoms with Crippen LogP contribution in [0.4, 0.5) is 5.13 Å². The van der Waals surface area contributed by atoms with Crippen LogP contribution in [0.5, 0.6) is 0 Å². The minimum absolute atomic E-state index is 0.181. The lowest BCUT2D eigenvalue weighted by molar-refractivity contribution is 0.601. The average molecular weight is 326 g/mol.